The minimum Gasteiger partial charge on any atom is -0.462 e. The Hall–Kier alpha value is -1.48. The Morgan fingerprint density at radius 3 is 2.38 bits per heavy atom. The van der Waals surface area contributed by atoms with Gasteiger partial charge in [0.1, 0.15) is 6.10 Å². The van der Waals surface area contributed by atoms with Crippen molar-refractivity contribution in [3.63, 3.8) is 0 Å². The van der Waals surface area contributed by atoms with Crippen molar-refractivity contribution in [2.75, 3.05) is 6.61 Å². The highest BCUT2D eigenvalue weighted by Crippen LogP contribution is 2.78. The zero-order valence-corrected chi connectivity index (χ0v) is 19.2. The molecule has 8 nitrogen and oxygen atoms in total. The Bertz CT molecular complexity index is 883. The minimum atomic E-state index is -2.15. The summed E-state index contributed by atoms with van der Waals surface area (Å²) >= 11 is 0. The number of fused-ring (bicyclic) bond motifs is 2. The van der Waals surface area contributed by atoms with Gasteiger partial charge in [0.2, 0.25) is 5.79 Å². The number of carbonyl (C=O) groups excluding carboxylic acids is 2. The Kier molecular flexibility index (Phi) is 4.57. The molecule has 4 saturated carbocycles. The molecule has 4 aliphatic carbocycles. The molecule has 0 radical (unpaired) electrons. The van der Waals surface area contributed by atoms with Gasteiger partial charge in [0.05, 0.1) is 24.2 Å². The lowest BCUT2D eigenvalue weighted by Gasteiger charge is -2.75. The summed E-state index contributed by atoms with van der Waals surface area (Å²) in [4.78, 5) is 24.3. The SMILES string of the molecule is C=C1C2C[C@H](OC(C)=O)[C@H]3[C@@]45CCCC(C)(C)[C@H]4[C@H](OC(C)=O)[C@@](O)(OC5)[C@]3([C@@H]1O)[C@@H]2O. The largest absolute Gasteiger partial charge is 0.462 e. The van der Waals surface area contributed by atoms with Crippen LogP contribution in [0.3, 0.4) is 0 Å². The summed E-state index contributed by atoms with van der Waals surface area (Å²) in [7, 11) is 0. The predicted molar refractivity (Wildman–Crippen MR) is 111 cm³/mol. The zero-order valence-electron chi connectivity index (χ0n) is 19.2. The van der Waals surface area contributed by atoms with E-state index in [2.05, 4.69) is 20.4 Å². The van der Waals surface area contributed by atoms with Crippen LogP contribution < -0.4 is 0 Å². The first-order valence-corrected chi connectivity index (χ1v) is 11.6. The fourth-order valence-corrected chi connectivity index (χ4v) is 8.87. The highest BCUT2D eigenvalue weighted by atomic mass is 16.7. The van der Waals surface area contributed by atoms with Gasteiger partial charge in [-0.25, -0.2) is 0 Å². The molecule has 0 aromatic rings. The molecule has 6 fully saturated rings. The third kappa shape index (κ3) is 2.32. The second-order valence-electron chi connectivity index (χ2n) is 11.4. The highest BCUT2D eigenvalue weighted by Gasteiger charge is 2.88. The molecule has 2 spiro atoms. The Balaban J connectivity index is 1.81. The van der Waals surface area contributed by atoms with Crippen molar-refractivity contribution in [2.45, 2.75) is 83.6 Å². The van der Waals surface area contributed by atoms with Crippen LogP contribution in [-0.4, -0.2) is 64.1 Å². The summed E-state index contributed by atoms with van der Waals surface area (Å²) < 4.78 is 17.8. The first-order chi connectivity index (χ1) is 14.8. The van der Waals surface area contributed by atoms with Gasteiger partial charge in [-0.05, 0) is 30.3 Å². The third-order valence-electron chi connectivity index (χ3n) is 9.55. The van der Waals surface area contributed by atoms with E-state index in [0.29, 0.717) is 18.4 Å². The first kappa shape index (κ1) is 22.3. The predicted octanol–water partition coefficient (Wildman–Crippen LogP) is 1.31. The second kappa shape index (κ2) is 6.56. The minimum absolute atomic E-state index is 0.177. The van der Waals surface area contributed by atoms with Crippen LogP contribution in [0, 0.1) is 34.0 Å². The molecule has 0 aromatic heterocycles. The maximum absolute atomic E-state index is 12.3. The molecule has 1 unspecified atom stereocenters. The standard InChI is InChI=1S/C24H34O8/c1-11-14-9-15(31-12(2)25)16-22-8-6-7-21(4,5)17(22)20(32-13(3)26)24(29,30-10-22)23(16,18(11)27)19(14)28/h14-20,27-29H,1,6-10H2,2-5H3/t14?,15-,16-,17+,18+,19+,20-,22-,23+,24+/m0/s1. The van der Waals surface area contributed by atoms with Crippen molar-refractivity contribution < 1.29 is 39.1 Å². The van der Waals surface area contributed by atoms with Crippen LogP contribution in [0.4, 0.5) is 0 Å². The summed E-state index contributed by atoms with van der Waals surface area (Å²) in [6.45, 7) is 11.0. The number of rotatable bonds is 2. The van der Waals surface area contributed by atoms with Crippen LogP contribution in [0.2, 0.25) is 0 Å². The molecule has 178 valence electrons. The van der Waals surface area contributed by atoms with Crippen molar-refractivity contribution >= 4 is 11.9 Å². The maximum Gasteiger partial charge on any atom is 0.303 e. The van der Waals surface area contributed by atoms with Crippen molar-refractivity contribution in [1.29, 1.82) is 0 Å². The smallest absolute Gasteiger partial charge is 0.303 e. The molecule has 32 heavy (non-hydrogen) atoms. The van der Waals surface area contributed by atoms with Crippen LogP contribution >= 0.6 is 0 Å². The molecular formula is C24H34O8. The average molecular weight is 451 g/mol. The normalized spacial score (nSPS) is 52.7. The quantitative estimate of drug-likeness (QED) is 0.425. The van der Waals surface area contributed by atoms with E-state index >= 15 is 0 Å². The van der Waals surface area contributed by atoms with E-state index < -0.39 is 64.8 Å². The summed E-state index contributed by atoms with van der Waals surface area (Å²) in [5, 5.41) is 35.4. The van der Waals surface area contributed by atoms with Gasteiger partial charge in [-0.2, -0.15) is 0 Å². The molecule has 10 atom stereocenters. The van der Waals surface area contributed by atoms with Crippen LogP contribution in [-0.2, 0) is 23.8 Å². The van der Waals surface area contributed by atoms with Gasteiger partial charge in [-0.3, -0.25) is 9.59 Å². The zero-order chi connectivity index (χ0) is 23.4. The van der Waals surface area contributed by atoms with Gasteiger partial charge in [-0.15, -0.1) is 0 Å². The monoisotopic (exact) mass is 450 g/mol. The lowest BCUT2D eigenvalue weighted by atomic mass is 9.35. The average Bonchev–Trinajstić information content (AvgIpc) is 2.78. The molecule has 4 bridgehead atoms. The Morgan fingerprint density at radius 1 is 1.09 bits per heavy atom. The molecule has 2 saturated heterocycles. The lowest BCUT2D eigenvalue weighted by Crippen LogP contribution is -2.86. The van der Waals surface area contributed by atoms with E-state index in [1.54, 1.807) is 0 Å². The van der Waals surface area contributed by atoms with E-state index in [4.69, 9.17) is 14.2 Å². The lowest BCUT2D eigenvalue weighted by molar-refractivity contribution is -0.474. The highest BCUT2D eigenvalue weighted by molar-refractivity contribution is 5.67. The topological polar surface area (TPSA) is 123 Å². The van der Waals surface area contributed by atoms with Crippen molar-refractivity contribution in [2.24, 2.45) is 34.0 Å². The molecule has 0 amide bonds. The van der Waals surface area contributed by atoms with Crippen LogP contribution in [0.25, 0.3) is 0 Å². The van der Waals surface area contributed by atoms with Crippen LogP contribution in [0.15, 0.2) is 12.2 Å². The van der Waals surface area contributed by atoms with Gasteiger partial charge < -0.3 is 29.5 Å². The van der Waals surface area contributed by atoms with Gasteiger partial charge in [0, 0.05) is 37.0 Å². The van der Waals surface area contributed by atoms with Gasteiger partial charge in [0.15, 0.2) is 6.10 Å². The van der Waals surface area contributed by atoms with E-state index in [-0.39, 0.29) is 17.9 Å². The molecule has 6 aliphatic rings. The molecular weight excluding hydrogens is 416 g/mol. The molecule has 0 aromatic carbocycles. The third-order valence-corrected chi connectivity index (χ3v) is 9.55. The number of esters is 2. The maximum atomic E-state index is 12.3. The van der Waals surface area contributed by atoms with E-state index in [1.165, 1.54) is 13.8 Å². The molecule has 8 heteroatoms. The first-order valence-electron chi connectivity index (χ1n) is 11.6. The van der Waals surface area contributed by atoms with Crippen molar-refractivity contribution in [1.82, 2.24) is 0 Å². The summed E-state index contributed by atoms with van der Waals surface area (Å²) in [5.41, 5.74) is -2.20. The fraction of sp³-hybridized carbons (Fsp3) is 0.833. The molecule has 6 rings (SSSR count). The summed E-state index contributed by atoms with van der Waals surface area (Å²) in [5.74, 6) is -4.61. The Morgan fingerprint density at radius 2 is 1.75 bits per heavy atom. The number of carbonyl (C=O) groups is 2. The van der Waals surface area contributed by atoms with Gasteiger partial charge >= 0.3 is 11.9 Å². The van der Waals surface area contributed by atoms with E-state index in [1.807, 2.05) is 0 Å². The van der Waals surface area contributed by atoms with Gasteiger partial charge in [0.25, 0.3) is 0 Å². The fourth-order valence-electron chi connectivity index (χ4n) is 8.87. The summed E-state index contributed by atoms with van der Waals surface area (Å²) in [6.07, 6.45) is -1.42. The summed E-state index contributed by atoms with van der Waals surface area (Å²) in [6, 6.07) is 0. The number of aliphatic hydroxyl groups is 3. The Labute approximate surface area is 187 Å². The van der Waals surface area contributed by atoms with Gasteiger partial charge in [-0.1, -0.05) is 26.8 Å². The molecule has 2 aliphatic heterocycles. The van der Waals surface area contributed by atoms with Crippen LogP contribution in [0.1, 0.15) is 53.4 Å². The van der Waals surface area contributed by atoms with Crippen molar-refractivity contribution in [3.8, 4) is 0 Å². The van der Waals surface area contributed by atoms with E-state index in [9.17, 15) is 24.9 Å². The molecule has 3 N–H and O–H groups in total. The van der Waals surface area contributed by atoms with Crippen molar-refractivity contribution in [3.05, 3.63) is 12.2 Å². The second-order valence-corrected chi connectivity index (χ2v) is 11.4. The number of hydrogen-bond donors (Lipinski definition) is 3. The van der Waals surface area contributed by atoms with Crippen LogP contribution in [0.5, 0.6) is 0 Å². The number of ether oxygens (including phenoxy) is 3. The number of aliphatic hydroxyl groups excluding tert-OH is 2. The van der Waals surface area contributed by atoms with E-state index in [0.717, 1.165) is 12.8 Å². The molecule has 2 heterocycles. The number of hydrogen-bond acceptors (Lipinski definition) is 8.